The Balaban J connectivity index is 2.03. The van der Waals surface area contributed by atoms with Gasteiger partial charge in [0.15, 0.2) is 0 Å². The molecule has 0 aromatic heterocycles. The van der Waals surface area contributed by atoms with Gasteiger partial charge in [-0.25, -0.2) is 4.79 Å². The van der Waals surface area contributed by atoms with Crippen LogP contribution in [-0.4, -0.2) is 63.4 Å². The molecule has 5 nitrogen and oxygen atoms in total. The van der Waals surface area contributed by atoms with Crippen LogP contribution in [0.3, 0.4) is 0 Å². The van der Waals surface area contributed by atoms with Crippen molar-refractivity contribution in [3.05, 3.63) is 0 Å². The van der Waals surface area contributed by atoms with Crippen LogP contribution >= 0.6 is 0 Å². The second kappa shape index (κ2) is 7.56. The van der Waals surface area contributed by atoms with Crippen LogP contribution in [0, 0.1) is 11.8 Å². The number of hydrogen-bond acceptors (Lipinski definition) is 5. The molecule has 0 aromatic rings. The number of carbonyl (C=O) groups excluding carboxylic acids is 1. The Morgan fingerprint density at radius 3 is 2.67 bits per heavy atom. The van der Waals surface area contributed by atoms with Gasteiger partial charge in [-0.3, -0.25) is 0 Å². The summed E-state index contributed by atoms with van der Waals surface area (Å²) in [5.41, 5.74) is -0.507. The topological polar surface area (TPSA) is 50.8 Å². The maximum atomic E-state index is 12.5. The third-order valence-electron chi connectivity index (χ3n) is 4.76. The first-order chi connectivity index (χ1) is 10.2. The maximum Gasteiger partial charge on any atom is 0.327 e. The van der Waals surface area contributed by atoms with Gasteiger partial charge in [-0.2, -0.15) is 0 Å². The molecule has 2 rings (SSSR count). The molecule has 1 heterocycles. The lowest BCUT2D eigenvalue weighted by molar-refractivity contribution is -0.150. The first kappa shape index (κ1) is 16.7. The lowest BCUT2D eigenvalue weighted by Crippen LogP contribution is -2.61. The zero-order valence-corrected chi connectivity index (χ0v) is 13.7. The monoisotopic (exact) mass is 298 g/mol. The first-order valence-corrected chi connectivity index (χ1v) is 8.21. The molecule has 1 aliphatic heterocycles. The molecule has 0 bridgehead atoms. The van der Waals surface area contributed by atoms with Crippen LogP contribution < -0.4 is 5.32 Å². The third kappa shape index (κ3) is 3.96. The van der Waals surface area contributed by atoms with Crippen LogP contribution in [-0.2, 0) is 14.3 Å². The smallest absolute Gasteiger partial charge is 0.327 e. The van der Waals surface area contributed by atoms with Gasteiger partial charge in [-0.15, -0.1) is 0 Å². The van der Waals surface area contributed by atoms with Crippen molar-refractivity contribution in [1.29, 1.82) is 0 Å². The van der Waals surface area contributed by atoms with Gasteiger partial charge >= 0.3 is 5.97 Å². The largest absolute Gasteiger partial charge is 0.468 e. The summed E-state index contributed by atoms with van der Waals surface area (Å²) >= 11 is 0. The third-order valence-corrected chi connectivity index (χ3v) is 4.76. The molecule has 2 fully saturated rings. The fourth-order valence-corrected chi connectivity index (χ4v) is 3.52. The van der Waals surface area contributed by atoms with Gasteiger partial charge < -0.3 is 19.7 Å². The van der Waals surface area contributed by atoms with E-state index in [9.17, 15) is 4.79 Å². The number of carbonyl (C=O) groups is 1. The van der Waals surface area contributed by atoms with Crippen molar-refractivity contribution < 1.29 is 14.3 Å². The lowest BCUT2D eigenvalue weighted by atomic mass is 9.92. The molecule has 1 aliphatic carbocycles. The summed E-state index contributed by atoms with van der Waals surface area (Å²) in [6.45, 7) is 6.64. The molecule has 0 radical (unpaired) electrons. The van der Waals surface area contributed by atoms with Gasteiger partial charge in [0, 0.05) is 20.2 Å². The molecule has 2 atom stereocenters. The highest BCUT2D eigenvalue weighted by molar-refractivity contribution is 5.82. The number of rotatable bonds is 9. The highest BCUT2D eigenvalue weighted by Crippen LogP contribution is 2.41. The van der Waals surface area contributed by atoms with E-state index in [1.165, 1.54) is 7.11 Å². The number of likely N-dealkylation sites (tertiary alicyclic amines) is 1. The van der Waals surface area contributed by atoms with Gasteiger partial charge in [-0.1, -0.05) is 6.92 Å². The van der Waals surface area contributed by atoms with E-state index < -0.39 is 5.54 Å². The Kier molecular flexibility index (Phi) is 6.02. The van der Waals surface area contributed by atoms with Crippen LogP contribution in [0.2, 0.25) is 0 Å². The minimum atomic E-state index is -0.507. The minimum Gasteiger partial charge on any atom is -0.468 e. The van der Waals surface area contributed by atoms with Crippen molar-refractivity contribution in [2.45, 2.75) is 38.1 Å². The SMILES string of the molecule is CCCNC(CN1CCC(COC)C1)(C(=O)OC)C1CC1. The fourth-order valence-electron chi connectivity index (χ4n) is 3.52. The van der Waals surface area contributed by atoms with Crippen LogP contribution in [0.4, 0.5) is 0 Å². The predicted octanol–water partition coefficient (Wildman–Crippen LogP) is 1.28. The Morgan fingerprint density at radius 2 is 2.10 bits per heavy atom. The molecule has 2 aliphatic rings. The summed E-state index contributed by atoms with van der Waals surface area (Å²) in [7, 11) is 3.26. The van der Waals surface area contributed by atoms with Gasteiger partial charge in [0.1, 0.15) is 5.54 Å². The Morgan fingerprint density at radius 1 is 1.33 bits per heavy atom. The van der Waals surface area contributed by atoms with Crippen molar-refractivity contribution in [2.24, 2.45) is 11.8 Å². The quantitative estimate of drug-likeness (QED) is 0.650. The Bertz CT molecular complexity index is 346. The van der Waals surface area contributed by atoms with Crippen LogP contribution in [0.15, 0.2) is 0 Å². The minimum absolute atomic E-state index is 0.0892. The van der Waals surface area contributed by atoms with E-state index in [-0.39, 0.29) is 5.97 Å². The summed E-state index contributed by atoms with van der Waals surface area (Å²) in [4.78, 5) is 14.9. The summed E-state index contributed by atoms with van der Waals surface area (Å²) < 4.78 is 10.4. The highest BCUT2D eigenvalue weighted by atomic mass is 16.5. The molecule has 0 aromatic carbocycles. The number of methoxy groups -OCH3 is 2. The molecule has 21 heavy (non-hydrogen) atoms. The van der Waals surface area contributed by atoms with E-state index in [0.29, 0.717) is 11.8 Å². The zero-order chi connectivity index (χ0) is 15.3. The Labute approximate surface area is 128 Å². The predicted molar refractivity (Wildman–Crippen MR) is 82.2 cm³/mol. The van der Waals surface area contributed by atoms with E-state index in [2.05, 4.69) is 17.1 Å². The molecule has 0 spiro atoms. The first-order valence-electron chi connectivity index (χ1n) is 8.21. The molecule has 1 N–H and O–H groups in total. The van der Waals surface area contributed by atoms with Gasteiger partial charge in [0.25, 0.3) is 0 Å². The van der Waals surface area contributed by atoms with E-state index >= 15 is 0 Å². The maximum absolute atomic E-state index is 12.5. The van der Waals surface area contributed by atoms with Crippen molar-refractivity contribution in [2.75, 3.05) is 47.0 Å². The average Bonchev–Trinajstić information content (AvgIpc) is 3.26. The van der Waals surface area contributed by atoms with E-state index in [1.54, 1.807) is 7.11 Å². The van der Waals surface area contributed by atoms with E-state index in [4.69, 9.17) is 9.47 Å². The normalized spacial score (nSPS) is 25.8. The summed E-state index contributed by atoms with van der Waals surface area (Å²) in [6.07, 6.45) is 4.43. The van der Waals surface area contributed by atoms with Crippen LogP contribution in [0.25, 0.3) is 0 Å². The Hall–Kier alpha value is -0.650. The lowest BCUT2D eigenvalue weighted by Gasteiger charge is -2.36. The van der Waals surface area contributed by atoms with Crippen molar-refractivity contribution in [3.63, 3.8) is 0 Å². The summed E-state index contributed by atoms with van der Waals surface area (Å²) in [6, 6.07) is 0. The van der Waals surface area contributed by atoms with Crippen molar-refractivity contribution in [1.82, 2.24) is 10.2 Å². The molecule has 0 amide bonds. The number of ether oxygens (including phenoxy) is 2. The summed E-state index contributed by atoms with van der Waals surface area (Å²) in [5.74, 6) is 0.933. The second-order valence-electron chi connectivity index (χ2n) is 6.51. The van der Waals surface area contributed by atoms with Gasteiger partial charge in [-0.05, 0) is 50.6 Å². The molecule has 5 heteroatoms. The molecular weight excluding hydrogens is 268 g/mol. The fraction of sp³-hybridized carbons (Fsp3) is 0.938. The molecule has 1 saturated heterocycles. The number of hydrogen-bond donors (Lipinski definition) is 1. The second-order valence-corrected chi connectivity index (χ2v) is 6.51. The number of nitrogens with zero attached hydrogens (tertiary/aromatic N) is 1. The molecule has 2 unspecified atom stereocenters. The van der Waals surface area contributed by atoms with Gasteiger partial charge in [0.2, 0.25) is 0 Å². The van der Waals surface area contributed by atoms with Crippen LogP contribution in [0.5, 0.6) is 0 Å². The molecular formula is C16H30N2O3. The molecule has 1 saturated carbocycles. The summed E-state index contributed by atoms with van der Waals surface area (Å²) in [5, 5.41) is 3.52. The highest BCUT2D eigenvalue weighted by Gasteiger charge is 2.52. The van der Waals surface area contributed by atoms with Crippen molar-refractivity contribution in [3.8, 4) is 0 Å². The van der Waals surface area contributed by atoms with Crippen molar-refractivity contribution >= 4 is 5.97 Å². The zero-order valence-electron chi connectivity index (χ0n) is 13.7. The van der Waals surface area contributed by atoms with E-state index in [0.717, 1.165) is 58.5 Å². The standard InChI is InChI=1S/C16H30N2O3/c1-4-8-17-16(14-5-6-14,15(19)21-3)12-18-9-7-13(10-18)11-20-2/h13-14,17H,4-12H2,1-3H3. The van der Waals surface area contributed by atoms with Crippen LogP contribution in [0.1, 0.15) is 32.6 Å². The van der Waals surface area contributed by atoms with Gasteiger partial charge in [0.05, 0.1) is 13.7 Å². The van der Waals surface area contributed by atoms with E-state index in [1.807, 2.05) is 0 Å². The molecule has 122 valence electrons. The number of esters is 1. The number of nitrogens with one attached hydrogen (secondary N) is 1. The average molecular weight is 298 g/mol.